The van der Waals surface area contributed by atoms with Gasteiger partial charge in [0.25, 0.3) is 5.91 Å². The molecule has 0 spiro atoms. The summed E-state index contributed by atoms with van der Waals surface area (Å²) in [6.07, 6.45) is 2.55. The van der Waals surface area contributed by atoms with Crippen LogP contribution in [0, 0.1) is 24.5 Å². The van der Waals surface area contributed by atoms with Crippen molar-refractivity contribution < 1.29 is 33.0 Å². The van der Waals surface area contributed by atoms with Crippen LogP contribution < -0.4 is 19.9 Å². The number of imide groups is 1. The number of amides is 3. The van der Waals surface area contributed by atoms with Gasteiger partial charge in [0.05, 0.1) is 12.3 Å². The summed E-state index contributed by atoms with van der Waals surface area (Å²) < 4.78 is 36.4. The van der Waals surface area contributed by atoms with Crippen LogP contribution in [-0.2, 0) is 16.1 Å². The number of phenolic OH excluding ortho intramolecular Hbond substituents is 1. The van der Waals surface area contributed by atoms with E-state index in [4.69, 9.17) is 4.74 Å². The van der Waals surface area contributed by atoms with Gasteiger partial charge in [0, 0.05) is 93.5 Å². The van der Waals surface area contributed by atoms with Crippen LogP contribution in [0.3, 0.4) is 0 Å². The van der Waals surface area contributed by atoms with Crippen LogP contribution >= 0.6 is 0 Å². The predicted molar refractivity (Wildman–Crippen MR) is 212 cm³/mol. The van der Waals surface area contributed by atoms with Gasteiger partial charge in [-0.05, 0) is 96.8 Å². The summed E-state index contributed by atoms with van der Waals surface area (Å²) in [6.45, 7) is 8.61. The number of anilines is 2. The Morgan fingerprint density at radius 1 is 0.807 bits per heavy atom. The molecule has 0 radical (unpaired) electrons. The number of piperazine rings is 1. The number of rotatable bonds is 7. The lowest BCUT2D eigenvalue weighted by atomic mass is 9.75. The van der Waals surface area contributed by atoms with Gasteiger partial charge < -0.3 is 24.5 Å². The lowest BCUT2D eigenvalue weighted by molar-refractivity contribution is -0.136. The number of benzene rings is 4. The maximum atomic E-state index is 16.1. The van der Waals surface area contributed by atoms with Gasteiger partial charge in [-0.15, -0.1) is 0 Å². The van der Waals surface area contributed by atoms with Gasteiger partial charge >= 0.3 is 0 Å². The normalized spacial score (nSPS) is 23.0. The fraction of sp³-hybridized carbons (Fsp3) is 0.400. The average molecular weight is 776 g/mol. The molecule has 2 unspecified atom stereocenters. The average Bonchev–Trinajstić information content (AvgIpc) is 3.53. The summed E-state index contributed by atoms with van der Waals surface area (Å²) in [6, 6.07) is 21.0. The molecule has 3 amide bonds. The second kappa shape index (κ2) is 15.1. The highest BCUT2D eigenvalue weighted by Crippen LogP contribution is 2.48. The van der Waals surface area contributed by atoms with E-state index in [-0.39, 0.29) is 47.5 Å². The standard InChI is InChI=1S/C45H47F2N5O5/c1-27-20-29(2-8-37(27)46)36-26-57-41-23-33(53)5-7-35(41)43(36)30-3-9-39(38(47)22-30)51-14-12-28(13-15-51)24-49-16-18-50(19-17-49)32-4-6-34-31(21-32)25-52(45(34)56)40-10-11-42(54)48-44(40)55/h2-9,20-23,28,36,40,43,53H,10-19,24-26H2,1H3,(H,48,54,55)/t36?,40-,43?/m0/s1. The summed E-state index contributed by atoms with van der Waals surface area (Å²) in [5.74, 6) is -0.579. The lowest BCUT2D eigenvalue weighted by Crippen LogP contribution is -2.52. The van der Waals surface area contributed by atoms with Crippen LogP contribution in [-0.4, -0.2) is 91.1 Å². The molecule has 12 heteroatoms. The fourth-order valence-electron chi connectivity index (χ4n) is 9.64. The molecule has 0 aliphatic carbocycles. The number of hydrogen-bond donors (Lipinski definition) is 2. The quantitative estimate of drug-likeness (QED) is 0.218. The minimum atomic E-state index is -0.618. The zero-order valence-electron chi connectivity index (χ0n) is 32.1. The van der Waals surface area contributed by atoms with Gasteiger partial charge in [0.1, 0.15) is 29.2 Å². The van der Waals surface area contributed by atoms with Crippen LogP contribution in [0.15, 0.2) is 72.8 Å². The Morgan fingerprint density at radius 2 is 1.60 bits per heavy atom. The van der Waals surface area contributed by atoms with Gasteiger partial charge in [-0.3, -0.25) is 24.6 Å². The molecule has 9 rings (SSSR count). The lowest BCUT2D eigenvalue weighted by Gasteiger charge is -2.40. The first-order chi connectivity index (χ1) is 27.6. The van der Waals surface area contributed by atoms with E-state index in [1.54, 1.807) is 36.1 Å². The number of aryl methyl sites for hydroxylation is 1. The molecule has 4 aromatic carbocycles. The third-order valence-corrected chi connectivity index (χ3v) is 12.8. The SMILES string of the molecule is Cc1cc(C2COc3cc(O)ccc3C2c2ccc(N3CCC(CN4CCN(c5ccc6c(c5)CN([C@H]5CCC(=O)NC5=O)C6=O)CC4)CC3)c(F)c2)ccc1F. The van der Waals surface area contributed by atoms with Crippen molar-refractivity contribution in [1.29, 1.82) is 0 Å². The van der Waals surface area contributed by atoms with Crippen molar-refractivity contribution >= 4 is 29.1 Å². The highest BCUT2D eigenvalue weighted by molar-refractivity contribution is 6.05. The molecule has 296 valence electrons. The largest absolute Gasteiger partial charge is 0.508 e. The second-order valence-corrected chi connectivity index (χ2v) is 16.3. The van der Waals surface area contributed by atoms with E-state index in [1.165, 1.54) is 6.07 Å². The number of carbonyl (C=O) groups is 3. The number of nitrogens with one attached hydrogen (secondary N) is 1. The highest BCUT2D eigenvalue weighted by Gasteiger charge is 2.40. The molecule has 3 atom stereocenters. The number of hydrogen-bond acceptors (Lipinski definition) is 8. The molecular weight excluding hydrogens is 729 g/mol. The van der Waals surface area contributed by atoms with Crippen molar-refractivity contribution in [2.24, 2.45) is 5.92 Å². The van der Waals surface area contributed by atoms with Gasteiger partial charge in [-0.1, -0.05) is 24.3 Å². The molecule has 0 bridgehead atoms. The smallest absolute Gasteiger partial charge is 0.255 e. The molecular formula is C45H47F2N5O5. The van der Waals surface area contributed by atoms with Crippen molar-refractivity contribution in [3.63, 3.8) is 0 Å². The predicted octanol–water partition coefficient (Wildman–Crippen LogP) is 6.09. The molecule has 5 heterocycles. The summed E-state index contributed by atoms with van der Waals surface area (Å²) in [7, 11) is 0. The van der Waals surface area contributed by atoms with E-state index in [0.717, 1.165) is 86.6 Å². The minimum absolute atomic E-state index is 0.105. The molecule has 0 saturated carbocycles. The third-order valence-electron chi connectivity index (χ3n) is 12.8. The Bertz CT molecular complexity index is 2230. The van der Waals surface area contributed by atoms with Gasteiger partial charge in [-0.25, -0.2) is 8.78 Å². The Balaban J connectivity index is 0.803. The number of carbonyl (C=O) groups excluding carboxylic acids is 3. The maximum Gasteiger partial charge on any atom is 0.255 e. The van der Waals surface area contributed by atoms with E-state index in [2.05, 4.69) is 26.1 Å². The van der Waals surface area contributed by atoms with Crippen molar-refractivity contribution in [1.82, 2.24) is 15.1 Å². The molecule has 3 saturated heterocycles. The van der Waals surface area contributed by atoms with E-state index < -0.39 is 11.9 Å². The first kappa shape index (κ1) is 37.1. The monoisotopic (exact) mass is 775 g/mol. The number of phenols is 1. The van der Waals surface area contributed by atoms with E-state index >= 15 is 4.39 Å². The van der Waals surface area contributed by atoms with Crippen LogP contribution in [0.4, 0.5) is 20.2 Å². The number of halogens is 2. The molecule has 5 aliphatic heterocycles. The molecule has 4 aromatic rings. The van der Waals surface area contributed by atoms with Crippen molar-refractivity contribution in [3.05, 3.63) is 118 Å². The second-order valence-electron chi connectivity index (χ2n) is 16.3. The molecule has 3 fully saturated rings. The van der Waals surface area contributed by atoms with Crippen molar-refractivity contribution in [2.75, 3.05) is 62.2 Å². The molecule has 5 aliphatic rings. The van der Waals surface area contributed by atoms with E-state index in [9.17, 15) is 23.9 Å². The van der Waals surface area contributed by atoms with E-state index in [1.807, 2.05) is 36.4 Å². The van der Waals surface area contributed by atoms with Crippen molar-refractivity contribution in [2.45, 2.75) is 57.0 Å². The summed E-state index contributed by atoms with van der Waals surface area (Å²) in [4.78, 5) is 45.9. The topological polar surface area (TPSA) is 106 Å². The van der Waals surface area contributed by atoms with Crippen molar-refractivity contribution in [3.8, 4) is 11.5 Å². The highest BCUT2D eigenvalue weighted by atomic mass is 19.1. The summed E-state index contributed by atoms with van der Waals surface area (Å²) >= 11 is 0. The summed E-state index contributed by atoms with van der Waals surface area (Å²) in [5, 5.41) is 12.5. The van der Waals surface area contributed by atoms with Gasteiger partial charge in [-0.2, -0.15) is 0 Å². The Morgan fingerprint density at radius 3 is 2.35 bits per heavy atom. The number of aromatic hydroxyl groups is 1. The fourth-order valence-corrected chi connectivity index (χ4v) is 9.64. The first-order valence-corrected chi connectivity index (χ1v) is 20.1. The third kappa shape index (κ3) is 7.20. The number of nitrogens with zero attached hydrogens (tertiary/aromatic N) is 4. The minimum Gasteiger partial charge on any atom is -0.508 e. The first-order valence-electron chi connectivity index (χ1n) is 20.1. The van der Waals surface area contributed by atoms with Gasteiger partial charge in [0.2, 0.25) is 11.8 Å². The summed E-state index contributed by atoms with van der Waals surface area (Å²) in [5.41, 5.74) is 6.38. The number of fused-ring (bicyclic) bond motifs is 2. The number of piperidine rings is 2. The van der Waals surface area contributed by atoms with Gasteiger partial charge in [0.15, 0.2) is 0 Å². The van der Waals surface area contributed by atoms with Crippen LogP contribution in [0.25, 0.3) is 0 Å². The van der Waals surface area contributed by atoms with Crippen LogP contribution in [0.1, 0.15) is 75.7 Å². The zero-order chi connectivity index (χ0) is 39.4. The Kier molecular flexibility index (Phi) is 9.84. The van der Waals surface area contributed by atoms with Crippen LogP contribution in [0.5, 0.6) is 11.5 Å². The molecule has 57 heavy (non-hydrogen) atoms. The Hall–Kier alpha value is -5.49. The molecule has 2 N–H and O–H groups in total. The van der Waals surface area contributed by atoms with E-state index in [0.29, 0.717) is 48.1 Å². The molecule has 0 aromatic heterocycles. The Labute approximate surface area is 331 Å². The molecule has 10 nitrogen and oxygen atoms in total. The maximum absolute atomic E-state index is 16.1. The number of ether oxygens (including phenoxy) is 1. The van der Waals surface area contributed by atoms with Crippen LogP contribution in [0.2, 0.25) is 0 Å². The zero-order valence-corrected chi connectivity index (χ0v) is 32.1.